The monoisotopic (exact) mass is 242 g/mol. The third-order valence-corrected chi connectivity index (χ3v) is 3.45. The number of piperidine rings is 1. The molecule has 17 heavy (non-hydrogen) atoms. The number of carbonyl (C=O) groups is 1. The Morgan fingerprint density at radius 3 is 3.00 bits per heavy atom. The van der Waals surface area contributed by atoms with Gasteiger partial charge in [-0.15, -0.1) is 0 Å². The van der Waals surface area contributed by atoms with Crippen LogP contribution >= 0.6 is 0 Å². The summed E-state index contributed by atoms with van der Waals surface area (Å²) in [6.45, 7) is 7.20. The van der Waals surface area contributed by atoms with E-state index in [1.165, 1.54) is 19.3 Å². The third-order valence-electron chi connectivity index (χ3n) is 3.45. The van der Waals surface area contributed by atoms with E-state index in [0.29, 0.717) is 31.6 Å². The second-order valence-corrected chi connectivity index (χ2v) is 4.62. The molecule has 1 rings (SSSR count). The molecule has 0 spiro atoms. The highest BCUT2D eigenvalue weighted by Crippen LogP contribution is 2.19. The van der Waals surface area contributed by atoms with Crippen molar-refractivity contribution < 1.29 is 9.53 Å². The Labute approximate surface area is 104 Å². The number of nitrogens with one attached hydrogen (secondary N) is 2. The first-order chi connectivity index (χ1) is 8.27. The number of hydrogen-bond donors (Lipinski definition) is 2. The Hall–Kier alpha value is -0.610. The van der Waals surface area contributed by atoms with E-state index in [-0.39, 0.29) is 5.91 Å². The van der Waals surface area contributed by atoms with Gasteiger partial charge in [-0.3, -0.25) is 4.79 Å². The zero-order chi connectivity index (χ0) is 12.5. The number of ether oxygens (including phenoxy) is 1. The van der Waals surface area contributed by atoms with Gasteiger partial charge in [-0.1, -0.05) is 13.3 Å². The van der Waals surface area contributed by atoms with Crippen molar-refractivity contribution in [3.63, 3.8) is 0 Å². The zero-order valence-corrected chi connectivity index (χ0v) is 11.1. The summed E-state index contributed by atoms with van der Waals surface area (Å²) < 4.78 is 5.16. The van der Waals surface area contributed by atoms with Crippen LogP contribution < -0.4 is 10.6 Å². The van der Waals surface area contributed by atoms with Gasteiger partial charge in [-0.05, 0) is 32.2 Å². The van der Waals surface area contributed by atoms with Gasteiger partial charge in [-0.25, -0.2) is 0 Å². The SMILES string of the molecule is CCOCCC(=O)NCC1NCCCC1CC. The van der Waals surface area contributed by atoms with Crippen LogP contribution in [0, 0.1) is 5.92 Å². The maximum atomic E-state index is 11.5. The van der Waals surface area contributed by atoms with E-state index in [1.54, 1.807) is 0 Å². The fraction of sp³-hybridized carbons (Fsp3) is 0.923. The third kappa shape index (κ3) is 5.50. The summed E-state index contributed by atoms with van der Waals surface area (Å²) >= 11 is 0. The molecule has 0 bridgehead atoms. The molecule has 1 saturated heterocycles. The van der Waals surface area contributed by atoms with Crippen LogP contribution in [0.5, 0.6) is 0 Å². The van der Waals surface area contributed by atoms with Crippen LogP contribution in [-0.4, -0.2) is 38.3 Å². The van der Waals surface area contributed by atoms with Gasteiger partial charge in [0.25, 0.3) is 0 Å². The number of rotatable bonds is 7. The Kier molecular flexibility index (Phi) is 7.21. The van der Waals surface area contributed by atoms with Crippen LogP contribution in [0.2, 0.25) is 0 Å². The molecule has 1 aliphatic heterocycles. The predicted molar refractivity (Wildman–Crippen MR) is 68.9 cm³/mol. The summed E-state index contributed by atoms with van der Waals surface area (Å²) in [6, 6.07) is 0.449. The molecule has 4 nitrogen and oxygen atoms in total. The van der Waals surface area contributed by atoms with Crippen LogP contribution in [0.4, 0.5) is 0 Å². The maximum absolute atomic E-state index is 11.5. The Morgan fingerprint density at radius 2 is 2.29 bits per heavy atom. The molecule has 0 radical (unpaired) electrons. The molecule has 0 aromatic rings. The van der Waals surface area contributed by atoms with Crippen LogP contribution in [0.25, 0.3) is 0 Å². The van der Waals surface area contributed by atoms with Crippen LogP contribution in [0.15, 0.2) is 0 Å². The van der Waals surface area contributed by atoms with Gasteiger partial charge in [0.15, 0.2) is 0 Å². The van der Waals surface area contributed by atoms with Gasteiger partial charge in [0.2, 0.25) is 5.91 Å². The Morgan fingerprint density at radius 1 is 1.47 bits per heavy atom. The molecule has 1 amide bonds. The molecule has 4 heteroatoms. The number of hydrogen-bond acceptors (Lipinski definition) is 3. The van der Waals surface area contributed by atoms with Crippen molar-refractivity contribution in [3.05, 3.63) is 0 Å². The largest absolute Gasteiger partial charge is 0.381 e. The summed E-state index contributed by atoms with van der Waals surface area (Å²) in [5, 5.41) is 6.49. The fourth-order valence-electron chi connectivity index (χ4n) is 2.37. The minimum Gasteiger partial charge on any atom is -0.381 e. The summed E-state index contributed by atoms with van der Waals surface area (Å²) in [5.74, 6) is 0.802. The van der Waals surface area contributed by atoms with E-state index < -0.39 is 0 Å². The predicted octanol–water partition coefficient (Wildman–Crippen LogP) is 1.31. The minimum atomic E-state index is 0.0978. The van der Waals surface area contributed by atoms with Crippen LogP contribution in [-0.2, 0) is 9.53 Å². The zero-order valence-electron chi connectivity index (χ0n) is 11.1. The van der Waals surface area contributed by atoms with E-state index in [1.807, 2.05) is 6.92 Å². The van der Waals surface area contributed by atoms with E-state index in [0.717, 1.165) is 13.1 Å². The lowest BCUT2D eigenvalue weighted by molar-refractivity contribution is -0.122. The molecular formula is C13H26N2O2. The molecule has 0 aliphatic carbocycles. The normalized spacial score (nSPS) is 24.6. The lowest BCUT2D eigenvalue weighted by atomic mass is 9.88. The summed E-state index contributed by atoms with van der Waals surface area (Å²) in [6.07, 6.45) is 4.19. The van der Waals surface area contributed by atoms with Crippen LogP contribution in [0.1, 0.15) is 39.5 Å². The quantitative estimate of drug-likeness (QED) is 0.662. The molecule has 0 aromatic heterocycles. The van der Waals surface area contributed by atoms with Crippen molar-refractivity contribution >= 4 is 5.91 Å². The molecule has 0 saturated carbocycles. The highest BCUT2D eigenvalue weighted by atomic mass is 16.5. The molecule has 1 aliphatic rings. The lowest BCUT2D eigenvalue weighted by Gasteiger charge is -2.32. The minimum absolute atomic E-state index is 0.0978. The van der Waals surface area contributed by atoms with Gasteiger partial charge >= 0.3 is 0 Å². The van der Waals surface area contributed by atoms with Crippen molar-refractivity contribution in [1.82, 2.24) is 10.6 Å². The molecule has 1 fully saturated rings. The first-order valence-electron chi connectivity index (χ1n) is 6.85. The highest BCUT2D eigenvalue weighted by Gasteiger charge is 2.23. The second-order valence-electron chi connectivity index (χ2n) is 4.62. The molecule has 0 aromatic carbocycles. The summed E-state index contributed by atoms with van der Waals surface area (Å²) in [7, 11) is 0. The number of amides is 1. The van der Waals surface area contributed by atoms with E-state index in [2.05, 4.69) is 17.6 Å². The fourth-order valence-corrected chi connectivity index (χ4v) is 2.37. The first kappa shape index (κ1) is 14.5. The molecule has 2 unspecified atom stereocenters. The van der Waals surface area contributed by atoms with Crippen LogP contribution in [0.3, 0.4) is 0 Å². The van der Waals surface area contributed by atoms with Crippen molar-refractivity contribution in [2.45, 2.75) is 45.6 Å². The first-order valence-corrected chi connectivity index (χ1v) is 6.85. The molecular weight excluding hydrogens is 216 g/mol. The topological polar surface area (TPSA) is 50.4 Å². The van der Waals surface area contributed by atoms with E-state index in [4.69, 9.17) is 4.74 Å². The van der Waals surface area contributed by atoms with Gasteiger partial charge in [0.1, 0.15) is 0 Å². The summed E-state index contributed by atoms with van der Waals surface area (Å²) in [5.41, 5.74) is 0. The van der Waals surface area contributed by atoms with Gasteiger partial charge in [-0.2, -0.15) is 0 Å². The second kappa shape index (κ2) is 8.48. The van der Waals surface area contributed by atoms with E-state index >= 15 is 0 Å². The van der Waals surface area contributed by atoms with Crippen molar-refractivity contribution in [2.75, 3.05) is 26.3 Å². The smallest absolute Gasteiger partial charge is 0.222 e. The van der Waals surface area contributed by atoms with Crippen molar-refractivity contribution in [3.8, 4) is 0 Å². The highest BCUT2D eigenvalue weighted by molar-refractivity contribution is 5.75. The maximum Gasteiger partial charge on any atom is 0.222 e. The molecule has 2 N–H and O–H groups in total. The number of carbonyl (C=O) groups excluding carboxylic acids is 1. The van der Waals surface area contributed by atoms with Crippen molar-refractivity contribution in [2.24, 2.45) is 5.92 Å². The van der Waals surface area contributed by atoms with Gasteiger partial charge in [0, 0.05) is 25.6 Å². The molecule has 1 heterocycles. The Bertz CT molecular complexity index is 221. The standard InChI is InChI=1S/C13H26N2O2/c1-3-11-6-5-8-14-12(11)10-15-13(16)7-9-17-4-2/h11-12,14H,3-10H2,1-2H3,(H,15,16). The van der Waals surface area contributed by atoms with E-state index in [9.17, 15) is 4.79 Å². The average Bonchev–Trinajstić information content (AvgIpc) is 2.37. The molecule has 100 valence electrons. The van der Waals surface area contributed by atoms with Crippen molar-refractivity contribution in [1.29, 1.82) is 0 Å². The lowest BCUT2D eigenvalue weighted by Crippen LogP contribution is -2.48. The summed E-state index contributed by atoms with van der Waals surface area (Å²) in [4.78, 5) is 11.5. The Balaban J connectivity index is 2.17. The average molecular weight is 242 g/mol. The van der Waals surface area contributed by atoms with Gasteiger partial charge in [0.05, 0.1) is 6.61 Å². The van der Waals surface area contributed by atoms with Gasteiger partial charge < -0.3 is 15.4 Å². The molecule has 2 atom stereocenters.